The molecule has 6 heteroatoms. The number of anilines is 12. The lowest BCUT2D eigenvalue weighted by Crippen LogP contribution is -2.12. The second-order valence-corrected chi connectivity index (χ2v) is 27.3. The molecule has 0 atom stereocenters. The number of benzene rings is 17. The molecular weight excluding hydrogens is 1310 g/mol. The van der Waals surface area contributed by atoms with E-state index in [9.17, 15) is 0 Å². The molecule has 2 heterocycles. The van der Waals surface area contributed by atoms with Gasteiger partial charge in [-0.3, -0.25) is 0 Å². The molecule has 19 rings (SSSR count). The van der Waals surface area contributed by atoms with Crippen molar-refractivity contribution in [2.24, 2.45) is 0 Å². The van der Waals surface area contributed by atoms with E-state index >= 15 is 0 Å². The van der Waals surface area contributed by atoms with Crippen LogP contribution in [0.1, 0.15) is 0 Å². The molecule has 0 fully saturated rings. The zero-order valence-electron chi connectivity index (χ0n) is 59.3. The summed E-state index contributed by atoms with van der Waals surface area (Å²) in [5.41, 5.74) is 26.2. The quantitative estimate of drug-likeness (QED) is 0.0854. The molecule has 0 aliphatic heterocycles. The molecule has 0 bridgehead atoms. The predicted molar refractivity (Wildman–Crippen MR) is 456 cm³/mol. The molecule has 0 saturated carbocycles. The molecule has 0 unspecified atom stereocenters. The van der Waals surface area contributed by atoms with Gasteiger partial charge < -0.3 is 28.7 Å². The van der Waals surface area contributed by atoms with Crippen LogP contribution in [0.2, 0.25) is 0 Å². The molecule has 108 heavy (non-hydrogen) atoms. The summed E-state index contributed by atoms with van der Waals surface area (Å²) in [5.74, 6) is 0. The highest BCUT2D eigenvalue weighted by Crippen LogP contribution is 2.47. The number of aromatic nitrogens is 2. The van der Waals surface area contributed by atoms with Crippen molar-refractivity contribution in [3.8, 4) is 56.1 Å². The van der Waals surface area contributed by atoms with Crippen LogP contribution in [-0.2, 0) is 0 Å². The number of rotatable bonds is 18. The Morgan fingerprint density at radius 2 is 0.407 bits per heavy atom. The largest absolute Gasteiger partial charge is 0.311 e. The van der Waals surface area contributed by atoms with Crippen LogP contribution >= 0.6 is 0 Å². The third-order valence-electron chi connectivity index (χ3n) is 20.8. The van der Waals surface area contributed by atoms with Gasteiger partial charge in [0, 0.05) is 89.8 Å². The summed E-state index contributed by atoms with van der Waals surface area (Å²) in [6.45, 7) is 0. The summed E-state index contributed by atoms with van der Waals surface area (Å²) >= 11 is 0. The van der Waals surface area contributed by atoms with Crippen molar-refractivity contribution in [1.82, 2.24) is 9.13 Å². The minimum Gasteiger partial charge on any atom is -0.311 e. The SMILES string of the molecule is c1ccc(-c2cccc(-c3cc4cc5c(cc(-c6cccc(-c7ccccc7)c6)n5-c5ccc(N(c6ccc(N(c7ccccc7)c7ccccc7)cc6)c6cccc7ccccc67)cc5)cc4n3-c3ccc(N(c4ccc(N(c5ccccc5)c5ccccc5)cc4)c4cccc5ccccc45)cc3)c2)cc1. The van der Waals surface area contributed by atoms with Gasteiger partial charge in [0.15, 0.2) is 0 Å². The first kappa shape index (κ1) is 64.4. The smallest absolute Gasteiger partial charge is 0.0542 e. The van der Waals surface area contributed by atoms with E-state index in [1.807, 2.05) is 0 Å². The van der Waals surface area contributed by atoms with E-state index in [1.54, 1.807) is 0 Å². The van der Waals surface area contributed by atoms with Crippen LogP contribution in [0.4, 0.5) is 68.2 Å². The molecule has 19 aromatic rings. The first-order valence-electron chi connectivity index (χ1n) is 36.9. The average Bonchev–Trinajstić information content (AvgIpc) is 1.57. The predicted octanol–water partition coefficient (Wildman–Crippen LogP) is 28.4. The summed E-state index contributed by atoms with van der Waals surface area (Å²) < 4.78 is 4.94. The van der Waals surface area contributed by atoms with Crippen molar-refractivity contribution in [2.75, 3.05) is 19.6 Å². The Bertz CT molecular complexity index is 5900. The average molecular weight is 1380 g/mol. The normalized spacial score (nSPS) is 11.3. The lowest BCUT2D eigenvalue weighted by atomic mass is 10.0. The van der Waals surface area contributed by atoms with Gasteiger partial charge in [0.1, 0.15) is 0 Å². The molecule has 0 amide bonds. The molecule has 0 saturated heterocycles. The van der Waals surface area contributed by atoms with Crippen LogP contribution in [0.15, 0.2) is 437 Å². The van der Waals surface area contributed by atoms with Crippen LogP contribution in [-0.4, -0.2) is 9.13 Å². The fourth-order valence-corrected chi connectivity index (χ4v) is 15.7. The summed E-state index contributed by atoms with van der Waals surface area (Å²) in [5, 5.41) is 6.92. The highest BCUT2D eigenvalue weighted by molar-refractivity contribution is 6.04. The Balaban J connectivity index is 0.764. The van der Waals surface area contributed by atoms with Crippen molar-refractivity contribution in [3.63, 3.8) is 0 Å². The van der Waals surface area contributed by atoms with Crippen molar-refractivity contribution >= 4 is 112 Å². The van der Waals surface area contributed by atoms with Crippen molar-refractivity contribution in [2.45, 2.75) is 0 Å². The maximum Gasteiger partial charge on any atom is 0.0542 e. The summed E-state index contributed by atoms with van der Waals surface area (Å²) in [6.07, 6.45) is 0. The van der Waals surface area contributed by atoms with E-state index in [-0.39, 0.29) is 0 Å². The highest BCUT2D eigenvalue weighted by atomic mass is 15.2. The topological polar surface area (TPSA) is 22.8 Å². The van der Waals surface area contributed by atoms with E-state index < -0.39 is 0 Å². The number of para-hydroxylation sites is 4. The fraction of sp³-hybridized carbons (Fsp3) is 0. The van der Waals surface area contributed by atoms with E-state index in [0.29, 0.717) is 0 Å². The minimum absolute atomic E-state index is 1.04. The van der Waals surface area contributed by atoms with Gasteiger partial charge in [0.2, 0.25) is 0 Å². The Kier molecular flexibility index (Phi) is 16.9. The van der Waals surface area contributed by atoms with Gasteiger partial charge in [-0.25, -0.2) is 0 Å². The van der Waals surface area contributed by atoms with E-state index in [4.69, 9.17) is 0 Å². The first-order chi connectivity index (χ1) is 53.6. The van der Waals surface area contributed by atoms with Crippen LogP contribution < -0.4 is 19.6 Å². The van der Waals surface area contributed by atoms with Gasteiger partial charge in [-0.15, -0.1) is 0 Å². The zero-order valence-corrected chi connectivity index (χ0v) is 59.3. The van der Waals surface area contributed by atoms with Crippen molar-refractivity contribution < 1.29 is 0 Å². The highest BCUT2D eigenvalue weighted by Gasteiger charge is 2.24. The molecule has 0 aliphatic rings. The Labute approximate surface area is 629 Å². The Hall–Kier alpha value is -14.5. The second kappa shape index (κ2) is 28.3. The molecule has 6 nitrogen and oxygen atoms in total. The fourth-order valence-electron chi connectivity index (χ4n) is 15.7. The van der Waals surface area contributed by atoms with Crippen LogP contribution in [0, 0.1) is 0 Å². The number of nitrogens with zero attached hydrogens (tertiary/aromatic N) is 6. The van der Waals surface area contributed by atoms with Crippen LogP contribution in [0.3, 0.4) is 0 Å². The molecule has 0 N–H and O–H groups in total. The first-order valence-corrected chi connectivity index (χ1v) is 36.9. The monoisotopic (exact) mass is 1380 g/mol. The molecule has 2 aromatic heterocycles. The molecular formula is C102H72N6. The molecule has 0 radical (unpaired) electrons. The lowest BCUT2D eigenvalue weighted by molar-refractivity contribution is 1.13. The summed E-state index contributed by atoms with van der Waals surface area (Å²) in [6, 6.07) is 158. The van der Waals surface area contributed by atoms with Gasteiger partial charge in [-0.05, 0) is 238 Å². The van der Waals surface area contributed by atoms with Gasteiger partial charge in [0.25, 0.3) is 0 Å². The summed E-state index contributed by atoms with van der Waals surface area (Å²) in [4.78, 5) is 9.44. The van der Waals surface area contributed by atoms with Gasteiger partial charge in [0.05, 0.1) is 33.8 Å². The standard InChI is InChI=1S/C102H72N6/c1-7-27-73(28-8-1)77-35-23-37-79(67-77)99-69-81-71-102-82(72-101(81)107(99)93-63-59-91(60-64-93)105(97-49-25-33-75-31-19-21-47-95(75)97)89-55-51-87(52-56-89)103(83-39-11-3-12-40-83)84-41-13-4-14-42-84)70-100(80-38-24-36-78(68-80)74-29-9-2-10-30-74)108(102)94-65-61-92(62-66-94)106(98-50-26-34-76-32-20-22-48-96(76)98)90-57-53-88(54-58-90)104(85-43-15-5-16-44-85)86-45-17-6-18-46-86/h1-72H. The third kappa shape index (κ3) is 12.2. The van der Waals surface area contributed by atoms with Crippen molar-refractivity contribution in [1.29, 1.82) is 0 Å². The Morgan fingerprint density at radius 3 is 0.750 bits per heavy atom. The van der Waals surface area contributed by atoms with Gasteiger partial charge >= 0.3 is 0 Å². The summed E-state index contributed by atoms with van der Waals surface area (Å²) in [7, 11) is 0. The second-order valence-electron chi connectivity index (χ2n) is 27.3. The molecule has 17 aromatic carbocycles. The van der Waals surface area contributed by atoms with Crippen molar-refractivity contribution in [3.05, 3.63) is 437 Å². The number of hydrogen-bond acceptors (Lipinski definition) is 4. The maximum atomic E-state index is 2.47. The lowest BCUT2D eigenvalue weighted by Gasteiger charge is -2.29. The molecule has 510 valence electrons. The molecule has 0 spiro atoms. The number of hydrogen-bond donors (Lipinski definition) is 0. The maximum absolute atomic E-state index is 2.47. The van der Waals surface area contributed by atoms with E-state index in [2.05, 4.69) is 466 Å². The van der Waals surface area contributed by atoms with Crippen LogP contribution in [0.25, 0.3) is 99.5 Å². The van der Waals surface area contributed by atoms with E-state index in [1.165, 1.54) is 21.9 Å². The van der Waals surface area contributed by atoms with Gasteiger partial charge in [-0.2, -0.15) is 0 Å². The Morgan fingerprint density at radius 1 is 0.157 bits per heavy atom. The minimum atomic E-state index is 1.04. The third-order valence-corrected chi connectivity index (χ3v) is 20.8. The zero-order chi connectivity index (χ0) is 71.7. The van der Waals surface area contributed by atoms with Gasteiger partial charge in [-0.1, -0.05) is 243 Å². The number of fused-ring (bicyclic) bond motifs is 4. The van der Waals surface area contributed by atoms with Crippen LogP contribution in [0.5, 0.6) is 0 Å². The molecule has 0 aliphatic carbocycles. The van der Waals surface area contributed by atoms with E-state index in [0.717, 1.165) is 146 Å².